The molecule has 0 radical (unpaired) electrons. The van der Waals surface area contributed by atoms with Crippen LogP contribution in [0.5, 0.6) is 0 Å². The van der Waals surface area contributed by atoms with E-state index in [1.165, 1.54) is 45.8 Å². The molecular formula is C67H113N21O17S. The average molecular weight is 1520 g/mol. The number of amides is 15. The van der Waals surface area contributed by atoms with Crippen molar-refractivity contribution in [3.8, 4) is 0 Å². The monoisotopic (exact) mass is 1520 g/mol. The zero-order valence-electron chi connectivity index (χ0n) is 62.7. The third kappa shape index (κ3) is 34.9. The van der Waals surface area contributed by atoms with Crippen molar-refractivity contribution in [2.45, 2.75) is 233 Å². The Morgan fingerprint density at radius 1 is 0.425 bits per heavy atom. The lowest BCUT2D eigenvalue weighted by atomic mass is 9.99. The number of carbonyl (C=O) groups excluding carboxylic acids is 15. The van der Waals surface area contributed by atoms with Crippen LogP contribution in [0.15, 0.2) is 25.0 Å². The molecule has 0 aromatic carbocycles. The van der Waals surface area contributed by atoms with Gasteiger partial charge < -0.3 is 107 Å². The maximum atomic E-state index is 14.4. The first-order valence-electron chi connectivity index (χ1n) is 35.4. The number of unbranched alkanes of at least 4 members (excludes halogenated alkanes) is 1. The van der Waals surface area contributed by atoms with Gasteiger partial charge in [0, 0.05) is 42.4 Å². The highest BCUT2D eigenvalue weighted by Gasteiger charge is 2.37. The third-order valence-corrected chi connectivity index (χ3v) is 16.4. The fourth-order valence-electron chi connectivity index (χ4n) is 10.4. The lowest BCUT2D eigenvalue weighted by Crippen LogP contribution is -2.60. The van der Waals surface area contributed by atoms with Crippen molar-refractivity contribution in [3.05, 3.63) is 36.4 Å². The van der Waals surface area contributed by atoms with Gasteiger partial charge in [0.05, 0.1) is 38.2 Å². The molecule has 0 bridgehead atoms. The molecule has 15 amide bonds. The topological polar surface area (TPSA) is 597 Å². The van der Waals surface area contributed by atoms with E-state index in [1.54, 1.807) is 41.5 Å². The molecule has 2 heterocycles. The lowest BCUT2D eigenvalue weighted by molar-refractivity contribution is -0.142. The molecule has 0 fully saturated rings. The number of nitrogens with zero attached hydrogens (tertiary/aromatic N) is 2. The first-order valence-corrected chi connectivity index (χ1v) is 36.0. The van der Waals surface area contributed by atoms with Gasteiger partial charge >= 0.3 is 5.97 Å². The number of rotatable bonds is 49. The van der Waals surface area contributed by atoms with Crippen LogP contribution >= 0.6 is 12.6 Å². The number of carboxylic acids is 1. The van der Waals surface area contributed by atoms with E-state index >= 15 is 0 Å². The van der Waals surface area contributed by atoms with Crippen LogP contribution in [0, 0.1) is 29.6 Å². The van der Waals surface area contributed by atoms with Crippen LogP contribution in [-0.2, 0) is 89.6 Å². The quantitative estimate of drug-likeness (QED) is 0.0218. The van der Waals surface area contributed by atoms with Crippen LogP contribution in [0.4, 0.5) is 0 Å². The minimum atomic E-state index is -1.78. The van der Waals surface area contributed by atoms with E-state index in [-0.39, 0.29) is 75.2 Å². The number of imidazole rings is 2. The van der Waals surface area contributed by atoms with Crippen LogP contribution in [0.1, 0.15) is 153 Å². The van der Waals surface area contributed by atoms with Crippen molar-refractivity contribution < 1.29 is 81.8 Å². The zero-order valence-corrected chi connectivity index (χ0v) is 63.5. The number of aromatic amines is 2. The van der Waals surface area contributed by atoms with Crippen LogP contribution < -0.4 is 91.6 Å². The summed E-state index contributed by atoms with van der Waals surface area (Å²) < 4.78 is 0. The highest BCUT2D eigenvalue weighted by Crippen LogP contribution is 2.14. The number of nitrogens with two attached hydrogens (primary N) is 3. The fraction of sp³-hybridized carbons (Fsp3) is 0.672. The molecule has 38 nitrogen and oxygen atoms in total. The number of hydrogen-bond acceptors (Lipinski definition) is 21. The Kier molecular flexibility index (Phi) is 40.8. The number of H-pyrrole nitrogens is 2. The number of aromatic nitrogens is 4. The van der Waals surface area contributed by atoms with E-state index in [4.69, 9.17) is 17.2 Å². The summed E-state index contributed by atoms with van der Waals surface area (Å²) >= 11 is 4.20. The van der Waals surface area contributed by atoms with E-state index in [1.807, 2.05) is 27.7 Å². The van der Waals surface area contributed by atoms with Gasteiger partial charge in [0.15, 0.2) is 0 Å². The number of thiol groups is 1. The van der Waals surface area contributed by atoms with Crippen molar-refractivity contribution in [3.63, 3.8) is 0 Å². The Bertz CT molecular complexity index is 3260. The first kappa shape index (κ1) is 92.3. The summed E-state index contributed by atoms with van der Waals surface area (Å²) in [5.41, 5.74) is 17.7. The van der Waals surface area contributed by atoms with Crippen molar-refractivity contribution >= 4 is 107 Å². The molecule has 2 aromatic heterocycles. The largest absolute Gasteiger partial charge is 0.480 e. The van der Waals surface area contributed by atoms with E-state index in [0.29, 0.717) is 24.2 Å². The molecule has 0 aliphatic rings. The number of carbonyl (C=O) groups is 16. The summed E-state index contributed by atoms with van der Waals surface area (Å²) in [6.45, 7) is 20.3. The van der Waals surface area contributed by atoms with E-state index in [9.17, 15) is 81.8 Å². The van der Waals surface area contributed by atoms with Gasteiger partial charge in [-0.25, -0.2) is 9.97 Å². The molecular weight excluding hydrogens is 1400 g/mol. The number of aliphatic carboxylic acids is 1. The predicted octanol–water partition coefficient (Wildman–Crippen LogP) is -4.79. The Morgan fingerprint density at radius 2 is 0.783 bits per heavy atom. The summed E-state index contributed by atoms with van der Waals surface area (Å²) in [5, 5.41) is 44.5. The number of carboxylic acid groups (broad SMARTS) is 1. The van der Waals surface area contributed by atoms with E-state index in [0.717, 1.165) is 0 Å². The Balaban J connectivity index is 2.26. The third-order valence-electron chi connectivity index (χ3n) is 16.0. The predicted molar refractivity (Wildman–Crippen MR) is 390 cm³/mol. The molecule has 39 heteroatoms. The Labute approximate surface area is 622 Å². The standard InChI is InChI=1S/C67H113N21O17S/c1-32(2)18-43(79-52(90)27-74-58(95)47(22-40-25-71-30-75-40)83-63(100)48(23-41-26-72-31-76-41)84-62(99)46(21-35(7)8)82-61(98)45(20-34(5)6)81-55(92)37(11)69)60(97)85-49(24-51(70)89)64(101)87-50(29-106)65(102)77-38(12)56(93)80-42(16-14-15-17-68)57(94)73-28-53(91)88-54(36(9)10)66(103)86-44(19-33(3)4)59(96)78-39(13)67(104)105/h25-26,30-39,42-50,54,106H,14-24,27-29,68-69H2,1-13H3,(H2,70,89)(H,71,75)(H,72,76)(H,73,94)(H,74,95)(H,77,102)(H,78,96)(H,79,90)(H,80,93)(H,81,92)(H,82,98)(H,83,100)(H,84,99)(H,85,97)(H,86,103)(H,87,101)(H,88,91)(H,104,105)/t37-,38-,39-,42-,43-,44-,45-,46-,47-,48-,49-,50-,54-/m0/s1. The summed E-state index contributed by atoms with van der Waals surface area (Å²) in [6, 6.07) is -17.2. The van der Waals surface area contributed by atoms with Crippen LogP contribution in [0.25, 0.3) is 0 Å². The molecule has 594 valence electrons. The molecule has 106 heavy (non-hydrogen) atoms. The average Bonchev–Trinajstić information content (AvgIpc) is 1.31. The van der Waals surface area contributed by atoms with Gasteiger partial charge in [0.1, 0.15) is 72.5 Å². The van der Waals surface area contributed by atoms with Crippen LogP contribution in [0.3, 0.4) is 0 Å². The van der Waals surface area contributed by atoms with E-state index < -0.39 is 204 Å². The van der Waals surface area contributed by atoms with Crippen molar-refractivity contribution in [2.75, 3.05) is 25.4 Å². The van der Waals surface area contributed by atoms with Crippen LogP contribution in [-0.4, -0.2) is 224 Å². The molecule has 0 spiro atoms. The second kappa shape index (κ2) is 46.9. The molecule has 13 atom stereocenters. The van der Waals surface area contributed by atoms with Gasteiger partial charge in [0.2, 0.25) is 88.6 Å². The first-order chi connectivity index (χ1) is 49.7. The molecule has 2 rings (SSSR count). The minimum Gasteiger partial charge on any atom is -0.480 e. The van der Waals surface area contributed by atoms with Crippen molar-refractivity contribution in [2.24, 2.45) is 46.8 Å². The molecule has 0 aliphatic heterocycles. The second-order valence-electron chi connectivity index (χ2n) is 28.1. The lowest BCUT2D eigenvalue weighted by Gasteiger charge is -2.28. The van der Waals surface area contributed by atoms with Gasteiger partial charge in [-0.1, -0.05) is 69.2 Å². The van der Waals surface area contributed by atoms with Crippen molar-refractivity contribution in [1.29, 1.82) is 0 Å². The molecule has 0 saturated carbocycles. The normalized spacial score (nSPS) is 15.0. The Morgan fingerprint density at radius 3 is 1.20 bits per heavy atom. The molecule has 0 aliphatic carbocycles. The van der Waals surface area contributed by atoms with Crippen LogP contribution in [0.2, 0.25) is 0 Å². The summed E-state index contributed by atoms with van der Waals surface area (Å²) in [6.07, 6.45) is 5.35. The van der Waals surface area contributed by atoms with Gasteiger partial charge in [-0.15, -0.1) is 0 Å². The smallest absolute Gasteiger partial charge is 0.325 e. The summed E-state index contributed by atoms with van der Waals surface area (Å²) in [7, 11) is 0. The van der Waals surface area contributed by atoms with Gasteiger partial charge in [-0.3, -0.25) is 76.7 Å². The van der Waals surface area contributed by atoms with Gasteiger partial charge in [-0.05, 0) is 102 Å². The van der Waals surface area contributed by atoms with Gasteiger partial charge in [-0.2, -0.15) is 12.6 Å². The summed E-state index contributed by atoms with van der Waals surface area (Å²) in [5.74, 6) is -15.9. The number of hydrogen-bond donors (Lipinski definition) is 21. The second-order valence-corrected chi connectivity index (χ2v) is 28.5. The summed E-state index contributed by atoms with van der Waals surface area (Å²) in [4.78, 5) is 229. The minimum absolute atomic E-state index is 0.0109. The number of nitrogens with one attached hydrogen (secondary N) is 16. The maximum absolute atomic E-state index is 14.4. The maximum Gasteiger partial charge on any atom is 0.325 e. The molecule has 0 unspecified atom stereocenters. The highest BCUT2D eigenvalue weighted by molar-refractivity contribution is 7.80. The highest BCUT2D eigenvalue weighted by atomic mass is 32.1. The van der Waals surface area contributed by atoms with Gasteiger partial charge in [0.25, 0.3) is 0 Å². The molecule has 2 aromatic rings. The Hall–Kier alpha value is -9.79. The van der Waals surface area contributed by atoms with E-state index in [2.05, 4.69) is 107 Å². The molecule has 23 N–H and O–H groups in total. The SMILES string of the molecule is CC(C)C[C@H](NC(=O)CNC(=O)[C@H](Cc1cnc[nH]1)NC(=O)[C@H](Cc1cnc[nH]1)NC(=O)[C@H](CC(C)C)NC(=O)[C@H](CC(C)C)NC(=O)[C@H](C)N)C(=O)N[C@@H](CC(N)=O)C(=O)N[C@@H](CS)C(=O)N[C@@H](C)C(=O)N[C@@H](CCCCN)C(=O)NCC(=O)N[C@H](C(=O)N[C@@H](CC(C)C)C(=O)N[C@@H](C)C(=O)O)C(C)C. The fourth-order valence-corrected chi connectivity index (χ4v) is 10.7. The molecule has 0 saturated heterocycles. The van der Waals surface area contributed by atoms with Crippen molar-refractivity contribution in [1.82, 2.24) is 94.4 Å². The number of primary amides is 1. The zero-order chi connectivity index (χ0) is 80.2.